The molecule has 32 heavy (non-hydrogen) atoms. The molecular formula is C20H30N7O5-. The normalized spacial score (nSPS) is 12.7. The van der Waals surface area contributed by atoms with E-state index in [9.17, 15) is 24.6 Å². The van der Waals surface area contributed by atoms with Gasteiger partial charge in [-0.05, 0) is 26.9 Å². The van der Waals surface area contributed by atoms with Crippen LogP contribution in [0.3, 0.4) is 0 Å². The predicted molar refractivity (Wildman–Crippen MR) is 120 cm³/mol. The van der Waals surface area contributed by atoms with Gasteiger partial charge in [-0.15, -0.1) is 5.71 Å². The van der Waals surface area contributed by atoms with Crippen LogP contribution in [0, 0.1) is 5.41 Å². The van der Waals surface area contributed by atoms with E-state index in [0.717, 1.165) is 4.57 Å². The van der Waals surface area contributed by atoms with Gasteiger partial charge in [-0.25, -0.2) is 4.98 Å². The fourth-order valence-electron chi connectivity index (χ4n) is 2.78. The van der Waals surface area contributed by atoms with Crippen molar-refractivity contribution in [2.75, 3.05) is 32.0 Å². The van der Waals surface area contributed by atoms with Gasteiger partial charge in [0.1, 0.15) is 6.04 Å². The van der Waals surface area contributed by atoms with Crippen LogP contribution in [0.2, 0.25) is 0 Å². The molecular weight excluding hydrogens is 418 g/mol. The van der Waals surface area contributed by atoms with Gasteiger partial charge in [-0.1, -0.05) is 13.8 Å². The minimum absolute atomic E-state index is 0.0266. The van der Waals surface area contributed by atoms with Crippen molar-refractivity contribution in [2.45, 2.75) is 45.7 Å². The van der Waals surface area contributed by atoms with Gasteiger partial charge in [0.05, 0.1) is 19.0 Å². The van der Waals surface area contributed by atoms with Crippen LogP contribution >= 0.6 is 0 Å². The lowest BCUT2D eigenvalue weighted by molar-refractivity contribution is -0.140. The average Bonchev–Trinajstić information content (AvgIpc) is 2.73. The zero-order valence-corrected chi connectivity index (χ0v) is 18.7. The predicted octanol–water partition coefficient (Wildman–Crippen LogP) is 0.137. The number of Topliss-reactive ketones (excluding diaryl/α,β-unsaturated/α-hetero) is 1. The number of amides is 1. The number of hydrogen-bond donors (Lipinski definition) is 4. The minimum atomic E-state index is -1.24. The molecule has 0 aromatic carbocycles. The molecule has 176 valence electrons. The molecule has 1 rings (SSSR count). The van der Waals surface area contributed by atoms with Gasteiger partial charge >= 0.3 is 5.97 Å². The van der Waals surface area contributed by atoms with E-state index in [1.54, 1.807) is 18.9 Å². The van der Waals surface area contributed by atoms with Crippen molar-refractivity contribution in [2.24, 2.45) is 0 Å². The molecule has 0 saturated carbocycles. The van der Waals surface area contributed by atoms with Crippen molar-refractivity contribution in [1.29, 1.82) is 5.41 Å². The summed E-state index contributed by atoms with van der Waals surface area (Å²) in [6.07, 6.45) is 2.22. The number of carboxylic acid groups (broad SMARTS) is 1. The SMILES string of the molecule is CCC(C(=O)NC(CC(=O)O)C(=O)CN(C)CC)n1ccnc(NCC(=[N-])C(C)=N)c1=O. The number of carbonyl (C=O) groups is 3. The van der Waals surface area contributed by atoms with Crippen LogP contribution < -0.4 is 16.2 Å². The Kier molecular flexibility index (Phi) is 10.4. The Morgan fingerprint density at radius 3 is 2.53 bits per heavy atom. The number of aromatic nitrogens is 2. The number of aliphatic carboxylic acids is 1. The molecule has 0 fully saturated rings. The summed E-state index contributed by atoms with van der Waals surface area (Å²) in [4.78, 5) is 55.0. The molecule has 12 heteroatoms. The van der Waals surface area contributed by atoms with Crippen molar-refractivity contribution in [3.63, 3.8) is 0 Å². The van der Waals surface area contributed by atoms with E-state index in [1.165, 1.54) is 19.3 Å². The number of nitrogens with zero attached hydrogens (tertiary/aromatic N) is 4. The smallest absolute Gasteiger partial charge is 0.305 e. The van der Waals surface area contributed by atoms with Crippen molar-refractivity contribution >= 4 is 34.9 Å². The van der Waals surface area contributed by atoms with Crippen molar-refractivity contribution < 1.29 is 19.5 Å². The molecule has 2 atom stereocenters. The maximum Gasteiger partial charge on any atom is 0.305 e. The summed E-state index contributed by atoms with van der Waals surface area (Å²) in [5.74, 6) is -2.48. The van der Waals surface area contributed by atoms with Crippen LogP contribution in [0.4, 0.5) is 5.82 Å². The summed E-state index contributed by atoms with van der Waals surface area (Å²) in [7, 11) is 1.70. The van der Waals surface area contributed by atoms with Crippen molar-refractivity contribution in [3.05, 3.63) is 28.2 Å². The van der Waals surface area contributed by atoms with Gasteiger partial charge in [-0.3, -0.25) is 28.6 Å². The number of anilines is 1. The zero-order valence-electron chi connectivity index (χ0n) is 18.7. The van der Waals surface area contributed by atoms with Crippen molar-refractivity contribution in [1.82, 2.24) is 19.8 Å². The first-order valence-corrected chi connectivity index (χ1v) is 10.2. The number of hydrogen-bond acceptors (Lipinski definition) is 8. The van der Waals surface area contributed by atoms with Crippen LogP contribution in [0.1, 0.15) is 39.7 Å². The highest BCUT2D eigenvalue weighted by atomic mass is 16.4. The average molecular weight is 449 g/mol. The van der Waals surface area contributed by atoms with E-state index in [-0.39, 0.29) is 36.8 Å². The van der Waals surface area contributed by atoms with Crippen LogP contribution in [0.25, 0.3) is 5.41 Å². The molecule has 4 N–H and O–H groups in total. The molecule has 0 aliphatic rings. The molecule has 1 aromatic heterocycles. The zero-order chi connectivity index (χ0) is 24.4. The third-order valence-electron chi connectivity index (χ3n) is 4.80. The second kappa shape index (κ2) is 12.4. The van der Waals surface area contributed by atoms with Crippen LogP contribution in [0.5, 0.6) is 0 Å². The first-order valence-electron chi connectivity index (χ1n) is 10.2. The van der Waals surface area contributed by atoms with Gasteiger partial charge in [-0.2, -0.15) is 0 Å². The third kappa shape index (κ3) is 7.69. The number of carbonyl (C=O) groups excluding carboxylic acids is 2. The highest BCUT2D eigenvalue weighted by Crippen LogP contribution is 2.11. The second-order valence-electron chi connectivity index (χ2n) is 7.29. The minimum Gasteiger partial charge on any atom is -0.805 e. The van der Waals surface area contributed by atoms with E-state index < -0.39 is 41.7 Å². The lowest BCUT2D eigenvalue weighted by atomic mass is 10.1. The fraction of sp³-hybridized carbons (Fsp3) is 0.550. The van der Waals surface area contributed by atoms with E-state index in [2.05, 4.69) is 15.6 Å². The highest BCUT2D eigenvalue weighted by Gasteiger charge is 2.28. The fourth-order valence-corrected chi connectivity index (χ4v) is 2.78. The number of carboxylic acids is 1. The lowest BCUT2D eigenvalue weighted by Gasteiger charge is -2.23. The topological polar surface area (TPSA) is 180 Å². The molecule has 0 spiro atoms. The Bertz CT molecular complexity index is 927. The summed E-state index contributed by atoms with van der Waals surface area (Å²) in [6, 6.07) is -2.25. The number of rotatable bonds is 14. The number of likely N-dealkylation sites (N-methyl/N-ethyl adjacent to an activating group) is 1. The molecule has 12 nitrogen and oxygen atoms in total. The quantitative estimate of drug-likeness (QED) is 0.290. The van der Waals surface area contributed by atoms with E-state index in [4.69, 9.17) is 10.5 Å². The number of ketones is 1. The molecule has 0 bridgehead atoms. The Morgan fingerprint density at radius 2 is 2.00 bits per heavy atom. The molecule has 2 unspecified atom stereocenters. The lowest BCUT2D eigenvalue weighted by Crippen LogP contribution is -2.49. The van der Waals surface area contributed by atoms with Gasteiger partial charge < -0.3 is 26.6 Å². The molecule has 1 amide bonds. The van der Waals surface area contributed by atoms with E-state index in [1.807, 2.05) is 6.92 Å². The van der Waals surface area contributed by atoms with Gasteiger partial charge in [0.15, 0.2) is 11.6 Å². The maximum absolute atomic E-state index is 12.9. The first kappa shape index (κ1) is 26.6. The Labute approximate surface area is 186 Å². The van der Waals surface area contributed by atoms with Crippen LogP contribution in [0.15, 0.2) is 17.2 Å². The first-order chi connectivity index (χ1) is 15.0. The molecule has 1 heterocycles. The number of nitrogens with one attached hydrogen (secondary N) is 3. The summed E-state index contributed by atoms with van der Waals surface area (Å²) >= 11 is 0. The Hall–Kier alpha value is -3.41. The Balaban J connectivity index is 3.09. The second-order valence-corrected chi connectivity index (χ2v) is 7.29. The maximum atomic E-state index is 12.9. The molecule has 0 aliphatic heterocycles. The van der Waals surface area contributed by atoms with Crippen molar-refractivity contribution in [3.8, 4) is 0 Å². The standard InChI is InChI=1S/C20H30N7O5/c1-5-15(19(31)25-14(9-17(29)30)16(28)11-26(4)6-2)27-8-7-23-18(20(27)32)24-10-13(22)12(3)21/h7-8,14-15,21H,5-6,9-11H2,1-4H3,(H,23,24)(H,25,31)(H,29,30)/q-1. The summed E-state index contributed by atoms with van der Waals surface area (Å²) in [6.45, 7) is 5.25. The summed E-state index contributed by atoms with van der Waals surface area (Å²) < 4.78 is 1.12. The van der Waals surface area contributed by atoms with Gasteiger partial charge in [0, 0.05) is 24.7 Å². The van der Waals surface area contributed by atoms with Gasteiger partial charge in [0.2, 0.25) is 5.91 Å². The monoisotopic (exact) mass is 448 g/mol. The largest absolute Gasteiger partial charge is 0.805 e. The van der Waals surface area contributed by atoms with Gasteiger partial charge in [0.25, 0.3) is 5.56 Å². The molecule has 0 aliphatic carbocycles. The summed E-state index contributed by atoms with van der Waals surface area (Å²) in [5.41, 5.74) is -0.974. The summed E-state index contributed by atoms with van der Waals surface area (Å²) in [5, 5.41) is 31.2. The molecule has 1 aromatic rings. The molecule has 0 radical (unpaired) electrons. The van der Waals surface area contributed by atoms with Crippen LogP contribution in [-0.2, 0) is 14.4 Å². The third-order valence-corrected chi connectivity index (χ3v) is 4.80. The van der Waals surface area contributed by atoms with Crippen LogP contribution in [-0.4, -0.2) is 81.4 Å². The van der Waals surface area contributed by atoms with E-state index >= 15 is 0 Å². The Morgan fingerprint density at radius 1 is 1.34 bits per heavy atom. The van der Waals surface area contributed by atoms with E-state index in [0.29, 0.717) is 6.54 Å². The molecule has 0 saturated heterocycles. The highest BCUT2D eigenvalue weighted by molar-refractivity contribution is 6.42.